The Morgan fingerprint density at radius 3 is 2.48 bits per heavy atom. The van der Waals surface area contributed by atoms with Gasteiger partial charge >= 0.3 is 6.03 Å². The SMILES string of the molecule is O=C(Nc1cccc(I)c1)N1CCN(c2cccc(O)c2)CC1. The minimum absolute atomic E-state index is 0.0671. The van der Waals surface area contributed by atoms with E-state index in [4.69, 9.17) is 0 Å². The van der Waals surface area contributed by atoms with Crippen LogP contribution in [0.5, 0.6) is 5.75 Å². The molecule has 1 aliphatic rings. The Morgan fingerprint density at radius 1 is 1.04 bits per heavy atom. The Balaban J connectivity index is 1.57. The summed E-state index contributed by atoms with van der Waals surface area (Å²) in [7, 11) is 0. The zero-order valence-electron chi connectivity index (χ0n) is 12.6. The van der Waals surface area contributed by atoms with Crippen LogP contribution in [-0.4, -0.2) is 42.2 Å². The number of phenols is 1. The Morgan fingerprint density at radius 2 is 1.78 bits per heavy atom. The van der Waals surface area contributed by atoms with Crippen molar-refractivity contribution in [2.24, 2.45) is 0 Å². The molecule has 0 aliphatic carbocycles. The lowest BCUT2D eigenvalue weighted by molar-refractivity contribution is 0.208. The van der Waals surface area contributed by atoms with Crippen molar-refractivity contribution in [1.82, 2.24) is 4.90 Å². The lowest BCUT2D eigenvalue weighted by atomic mass is 10.2. The number of hydrogen-bond donors (Lipinski definition) is 2. The number of benzene rings is 2. The molecular weight excluding hydrogens is 405 g/mol. The molecule has 120 valence electrons. The molecule has 1 aliphatic heterocycles. The molecule has 2 N–H and O–H groups in total. The van der Waals surface area contributed by atoms with Crippen LogP contribution in [0.15, 0.2) is 48.5 Å². The minimum Gasteiger partial charge on any atom is -0.508 e. The van der Waals surface area contributed by atoms with Gasteiger partial charge in [-0.15, -0.1) is 0 Å². The van der Waals surface area contributed by atoms with Crippen molar-refractivity contribution in [2.75, 3.05) is 36.4 Å². The van der Waals surface area contributed by atoms with Crippen LogP contribution >= 0.6 is 22.6 Å². The molecule has 1 fully saturated rings. The molecular formula is C17H18IN3O2. The van der Waals surface area contributed by atoms with E-state index in [1.165, 1.54) is 0 Å². The molecule has 2 aromatic carbocycles. The summed E-state index contributed by atoms with van der Waals surface area (Å²) in [6.07, 6.45) is 0. The third-order valence-electron chi connectivity index (χ3n) is 3.84. The summed E-state index contributed by atoms with van der Waals surface area (Å²) in [5.41, 5.74) is 1.81. The molecule has 0 radical (unpaired) electrons. The van der Waals surface area contributed by atoms with Gasteiger partial charge in [0.05, 0.1) is 0 Å². The molecule has 0 spiro atoms. The smallest absolute Gasteiger partial charge is 0.321 e. The second-order valence-corrected chi connectivity index (χ2v) is 6.68. The summed E-state index contributed by atoms with van der Waals surface area (Å²) in [5.74, 6) is 0.265. The predicted octanol–water partition coefficient (Wildman–Crippen LogP) is 3.35. The fraction of sp³-hybridized carbons (Fsp3) is 0.235. The van der Waals surface area contributed by atoms with Crippen LogP contribution in [0.2, 0.25) is 0 Å². The lowest BCUT2D eigenvalue weighted by Crippen LogP contribution is -2.50. The standard InChI is InChI=1S/C17H18IN3O2/c18-13-3-1-4-14(11-13)19-17(23)21-9-7-20(8-10-21)15-5-2-6-16(22)12-15/h1-6,11-12,22H,7-10H2,(H,19,23). The third-order valence-corrected chi connectivity index (χ3v) is 4.51. The van der Waals surface area contributed by atoms with E-state index in [1.807, 2.05) is 41.3 Å². The van der Waals surface area contributed by atoms with Crippen LogP contribution in [0.1, 0.15) is 0 Å². The predicted molar refractivity (Wildman–Crippen MR) is 100 cm³/mol. The van der Waals surface area contributed by atoms with Gasteiger partial charge < -0.3 is 20.2 Å². The maximum atomic E-state index is 12.3. The van der Waals surface area contributed by atoms with E-state index >= 15 is 0 Å². The maximum absolute atomic E-state index is 12.3. The van der Waals surface area contributed by atoms with Gasteiger partial charge in [-0.2, -0.15) is 0 Å². The van der Waals surface area contributed by atoms with Gasteiger partial charge in [0.15, 0.2) is 0 Å². The topological polar surface area (TPSA) is 55.8 Å². The van der Waals surface area contributed by atoms with E-state index < -0.39 is 0 Å². The third kappa shape index (κ3) is 4.07. The van der Waals surface area contributed by atoms with Crippen LogP contribution in [0.4, 0.5) is 16.2 Å². The zero-order valence-corrected chi connectivity index (χ0v) is 14.7. The van der Waals surface area contributed by atoms with Gasteiger partial charge in [-0.3, -0.25) is 0 Å². The van der Waals surface area contributed by atoms with Crippen LogP contribution in [0, 0.1) is 3.57 Å². The summed E-state index contributed by atoms with van der Waals surface area (Å²) in [6, 6.07) is 14.9. The summed E-state index contributed by atoms with van der Waals surface area (Å²) < 4.78 is 1.09. The van der Waals surface area contributed by atoms with Crippen LogP contribution in [0.3, 0.4) is 0 Å². The number of carbonyl (C=O) groups is 1. The molecule has 3 rings (SSSR count). The highest BCUT2D eigenvalue weighted by molar-refractivity contribution is 14.1. The first kappa shape index (κ1) is 15.9. The molecule has 2 aromatic rings. The van der Waals surface area contributed by atoms with E-state index in [2.05, 4.69) is 32.8 Å². The minimum atomic E-state index is -0.0671. The normalized spacial score (nSPS) is 14.7. The number of anilines is 2. The second kappa shape index (κ2) is 7.08. The molecule has 5 nitrogen and oxygen atoms in total. The highest BCUT2D eigenvalue weighted by atomic mass is 127. The second-order valence-electron chi connectivity index (χ2n) is 5.43. The van der Waals surface area contributed by atoms with Gasteiger partial charge in [0.1, 0.15) is 5.75 Å². The maximum Gasteiger partial charge on any atom is 0.321 e. The number of hydrogen-bond acceptors (Lipinski definition) is 3. The van der Waals surface area contributed by atoms with Gasteiger partial charge in [-0.1, -0.05) is 12.1 Å². The van der Waals surface area contributed by atoms with E-state index in [9.17, 15) is 9.90 Å². The Kier molecular flexibility index (Phi) is 4.90. The molecule has 0 unspecified atom stereocenters. The van der Waals surface area contributed by atoms with E-state index in [0.717, 1.165) is 28.0 Å². The largest absolute Gasteiger partial charge is 0.508 e. The first-order chi connectivity index (χ1) is 11.1. The van der Waals surface area contributed by atoms with Crippen molar-refractivity contribution in [3.63, 3.8) is 0 Å². The number of phenolic OH excluding ortho intramolecular Hbond substituents is 1. The highest BCUT2D eigenvalue weighted by Crippen LogP contribution is 2.21. The van der Waals surface area contributed by atoms with Crippen molar-refractivity contribution in [2.45, 2.75) is 0 Å². The van der Waals surface area contributed by atoms with E-state index in [0.29, 0.717) is 13.1 Å². The monoisotopic (exact) mass is 423 g/mol. The Labute approximate surface area is 149 Å². The molecule has 2 amide bonds. The summed E-state index contributed by atoms with van der Waals surface area (Å²) in [6.45, 7) is 2.82. The summed E-state index contributed by atoms with van der Waals surface area (Å²) >= 11 is 2.23. The number of aromatic hydroxyl groups is 1. The number of urea groups is 1. The number of amides is 2. The van der Waals surface area contributed by atoms with Crippen molar-refractivity contribution in [3.8, 4) is 5.75 Å². The molecule has 1 saturated heterocycles. The van der Waals surface area contributed by atoms with Crippen molar-refractivity contribution >= 4 is 40.0 Å². The molecule has 0 saturated carbocycles. The van der Waals surface area contributed by atoms with Crippen molar-refractivity contribution in [1.29, 1.82) is 0 Å². The molecule has 0 atom stereocenters. The van der Waals surface area contributed by atoms with Crippen molar-refractivity contribution < 1.29 is 9.90 Å². The van der Waals surface area contributed by atoms with Gasteiger partial charge in [0.25, 0.3) is 0 Å². The first-order valence-electron chi connectivity index (χ1n) is 7.47. The molecule has 0 aromatic heterocycles. The Bertz CT molecular complexity index is 700. The zero-order chi connectivity index (χ0) is 16.2. The molecule has 6 heteroatoms. The van der Waals surface area contributed by atoms with Gasteiger partial charge in [0, 0.05) is 47.2 Å². The number of nitrogens with one attached hydrogen (secondary N) is 1. The quantitative estimate of drug-likeness (QED) is 0.729. The summed E-state index contributed by atoms with van der Waals surface area (Å²) in [4.78, 5) is 16.3. The van der Waals surface area contributed by atoms with Crippen LogP contribution < -0.4 is 10.2 Å². The number of halogens is 1. The fourth-order valence-corrected chi connectivity index (χ4v) is 3.17. The van der Waals surface area contributed by atoms with E-state index in [-0.39, 0.29) is 11.8 Å². The molecule has 23 heavy (non-hydrogen) atoms. The highest BCUT2D eigenvalue weighted by Gasteiger charge is 2.21. The number of nitrogens with zero attached hydrogens (tertiary/aromatic N) is 2. The lowest BCUT2D eigenvalue weighted by Gasteiger charge is -2.36. The summed E-state index contributed by atoms with van der Waals surface area (Å²) in [5, 5.41) is 12.5. The Hall–Kier alpha value is -1.96. The van der Waals surface area contributed by atoms with Crippen LogP contribution in [0.25, 0.3) is 0 Å². The van der Waals surface area contributed by atoms with Crippen LogP contribution in [-0.2, 0) is 0 Å². The first-order valence-corrected chi connectivity index (χ1v) is 8.55. The average molecular weight is 423 g/mol. The fourth-order valence-electron chi connectivity index (χ4n) is 2.63. The van der Waals surface area contributed by atoms with Crippen molar-refractivity contribution in [3.05, 3.63) is 52.1 Å². The average Bonchev–Trinajstić information content (AvgIpc) is 2.55. The number of piperazine rings is 1. The number of carbonyl (C=O) groups excluding carboxylic acids is 1. The van der Waals surface area contributed by atoms with Gasteiger partial charge in [0.2, 0.25) is 0 Å². The molecule has 0 bridgehead atoms. The van der Waals surface area contributed by atoms with Gasteiger partial charge in [-0.25, -0.2) is 4.79 Å². The van der Waals surface area contributed by atoms with E-state index in [1.54, 1.807) is 12.1 Å². The van der Waals surface area contributed by atoms with Gasteiger partial charge in [-0.05, 0) is 52.9 Å². The number of rotatable bonds is 2. The molecule has 1 heterocycles.